The van der Waals surface area contributed by atoms with Crippen LogP contribution in [0, 0.1) is 5.92 Å². The Morgan fingerprint density at radius 3 is 1.61 bits per heavy atom. The molecule has 0 heterocycles. The van der Waals surface area contributed by atoms with Crippen molar-refractivity contribution < 1.29 is 4.74 Å². The number of hydrogen-bond donors (Lipinski definition) is 0. The number of rotatable bonds is 24. The van der Waals surface area contributed by atoms with Crippen LogP contribution < -0.4 is 4.74 Å². The zero-order valence-corrected chi connectivity index (χ0v) is 24.4. The van der Waals surface area contributed by atoms with Crippen molar-refractivity contribution in [2.24, 2.45) is 5.92 Å². The first kappa shape index (κ1) is 30.8. The Morgan fingerprint density at radius 1 is 0.606 bits per heavy atom. The minimum Gasteiger partial charge on any atom is -0.493 e. The van der Waals surface area contributed by atoms with Gasteiger partial charge in [-0.05, 0) is 60.1 Å². The fourth-order valence-corrected chi connectivity index (χ4v) is 5.20. The number of unbranched alkanes of at least 4 members (excludes halogenated alkanes) is 14. The summed E-state index contributed by atoms with van der Waals surface area (Å²) in [6.45, 7) is 5.51. The summed E-state index contributed by atoms with van der Waals surface area (Å²) in [6, 6.07) is 8.96. The van der Waals surface area contributed by atoms with Crippen molar-refractivity contribution in [3.63, 3.8) is 0 Å². The van der Waals surface area contributed by atoms with Gasteiger partial charge in [0.25, 0.3) is 0 Å². The largest absolute Gasteiger partial charge is 0.493 e. The highest BCUT2D eigenvalue weighted by Gasteiger charge is 2.10. The monoisotopic (exact) mass is 570 g/mol. The second kappa shape index (κ2) is 23.5. The fourth-order valence-electron chi connectivity index (χ4n) is 4.66. The summed E-state index contributed by atoms with van der Waals surface area (Å²) >= 11 is 2.48. The lowest BCUT2D eigenvalue weighted by atomic mass is 9.94. The van der Waals surface area contributed by atoms with Crippen molar-refractivity contribution in [1.29, 1.82) is 0 Å². The van der Waals surface area contributed by atoms with E-state index in [1.165, 1.54) is 138 Å². The van der Waals surface area contributed by atoms with E-state index in [4.69, 9.17) is 4.74 Å². The van der Waals surface area contributed by atoms with Gasteiger partial charge in [-0.15, -0.1) is 0 Å². The molecule has 0 saturated heterocycles. The quantitative estimate of drug-likeness (QED) is 0.0682. The number of ether oxygens (including phenoxy) is 1. The normalized spacial score (nSPS) is 12.2. The zero-order valence-electron chi connectivity index (χ0n) is 22.2. The van der Waals surface area contributed by atoms with Crippen LogP contribution in [0.25, 0.3) is 0 Å². The second-order valence-electron chi connectivity index (χ2n) is 10.1. The molecule has 1 unspecified atom stereocenters. The summed E-state index contributed by atoms with van der Waals surface area (Å²) in [7, 11) is 0. The summed E-state index contributed by atoms with van der Waals surface area (Å²) in [5.41, 5.74) is 1.46. The molecule has 1 aromatic rings. The molecular weight excluding hydrogens is 515 g/mol. The van der Waals surface area contributed by atoms with Gasteiger partial charge in [0.15, 0.2) is 0 Å². The van der Waals surface area contributed by atoms with Gasteiger partial charge in [0, 0.05) is 0 Å². The van der Waals surface area contributed by atoms with Crippen molar-refractivity contribution in [2.45, 2.75) is 142 Å². The predicted octanol–water partition coefficient (Wildman–Crippen LogP) is 11.1. The third kappa shape index (κ3) is 18.7. The van der Waals surface area contributed by atoms with Crippen molar-refractivity contribution >= 4 is 22.6 Å². The molecule has 0 aliphatic rings. The first-order chi connectivity index (χ1) is 16.3. The highest BCUT2D eigenvalue weighted by molar-refractivity contribution is 14.1. The van der Waals surface area contributed by atoms with Gasteiger partial charge in [-0.3, -0.25) is 0 Å². The van der Waals surface area contributed by atoms with E-state index in [9.17, 15) is 0 Å². The number of benzene rings is 1. The second-order valence-corrected chi connectivity index (χ2v) is 11.2. The lowest BCUT2D eigenvalue weighted by molar-refractivity contribution is 0.224. The summed E-state index contributed by atoms with van der Waals surface area (Å²) in [4.78, 5) is 0. The molecule has 0 spiro atoms. The van der Waals surface area contributed by atoms with Crippen LogP contribution in [-0.2, 0) is 6.42 Å². The molecule has 2 heteroatoms. The van der Waals surface area contributed by atoms with Crippen molar-refractivity contribution in [3.8, 4) is 5.75 Å². The SMILES string of the molecule is CCCCCCCCCCC(CCCCCCCC)COc1ccc(CCCCCI)cc1. The van der Waals surface area contributed by atoms with E-state index < -0.39 is 0 Å². The van der Waals surface area contributed by atoms with E-state index in [2.05, 4.69) is 60.7 Å². The van der Waals surface area contributed by atoms with Gasteiger partial charge in [0.2, 0.25) is 0 Å². The summed E-state index contributed by atoms with van der Waals surface area (Å²) < 4.78 is 7.56. The maximum atomic E-state index is 6.28. The molecule has 0 fully saturated rings. The van der Waals surface area contributed by atoms with Crippen LogP contribution >= 0.6 is 22.6 Å². The highest BCUT2D eigenvalue weighted by atomic mass is 127. The number of aryl methyl sites for hydroxylation is 1. The van der Waals surface area contributed by atoms with Gasteiger partial charge < -0.3 is 4.74 Å². The van der Waals surface area contributed by atoms with Crippen LogP contribution in [0.2, 0.25) is 0 Å². The number of halogens is 1. The van der Waals surface area contributed by atoms with Crippen LogP contribution in [0.5, 0.6) is 5.75 Å². The Kier molecular flexibility index (Phi) is 21.9. The Morgan fingerprint density at radius 2 is 1.09 bits per heavy atom. The van der Waals surface area contributed by atoms with Gasteiger partial charge >= 0.3 is 0 Å². The van der Waals surface area contributed by atoms with Crippen molar-refractivity contribution in [1.82, 2.24) is 0 Å². The molecule has 0 bridgehead atoms. The van der Waals surface area contributed by atoms with E-state index in [0.717, 1.165) is 18.3 Å². The summed E-state index contributed by atoms with van der Waals surface area (Å²) in [5.74, 6) is 1.79. The lowest BCUT2D eigenvalue weighted by Gasteiger charge is -2.18. The van der Waals surface area contributed by atoms with Gasteiger partial charge in [-0.25, -0.2) is 0 Å². The number of alkyl halides is 1. The molecule has 0 radical (unpaired) electrons. The van der Waals surface area contributed by atoms with Crippen LogP contribution in [0.4, 0.5) is 0 Å². The molecule has 0 N–H and O–H groups in total. The Labute approximate surface area is 221 Å². The van der Waals surface area contributed by atoms with Gasteiger partial charge in [-0.1, -0.05) is 145 Å². The molecule has 192 valence electrons. The molecule has 1 atom stereocenters. The third-order valence-electron chi connectivity index (χ3n) is 6.94. The van der Waals surface area contributed by atoms with Crippen LogP contribution in [0.1, 0.15) is 141 Å². The highest BCUT2D eigenvalue weighted by Crippen LogP contribution is 2.22. The number of hydrogen-bond acceptors (Lipinski definition) is 1. The smallest absolute Gasteiger partial charge is 0.119 e. The van der Waals surface area contributed by atoms with Gasteiger partial charge in [0.1, 0.15) is 5.75 Å². The molecule has 0 aliphatic heterocycles. The average molecular weight is 571 g/mol. The average Bonchev–Trinajstić information content (AvgIpc) is 2.84. The van der Waals surface area contributed by atoms with E-state index in [1.807, 2.05) is 0 Å². The minimum absolute atomic E-state index is 0.726. The Hall–Kier alpha value is -0.250. The van der Waals surface area contributed by atoms with Crippen molar-refractivity contribution in [2.75, 3.05) is 11.0 Å². The molecular formula is C31H55IO. The molecule has 1 rings (SSSR count). The van der Waals surface area contributed by atoms with Gasteiger partial charge in [0.05, 0.1) is 6.61 Å². The molecule has 0 aliphatic carbocycles. The maximum absolute atomic E-state index is 6.28. The molecule has 33 heavy (non-hydrogen) atoms. The van der Waals surface area contributed by atoms with Gasteiger partial charge in [-0.2, -0.15) is 0 Å². The first-order valence-corrected chi connectivity index (χ1v) is 16.1. The Bertz CT molecular complexity index is 512. The fraction of sp³-hybridized carbons (Fsp3) is 0.806. The lowest BCUT2D eigenvalue weighted by Crippen LogP contribution is -2.12. The molecule has 1 aromatic carbocycles. The van der Waals surface area contributed by atoms with E-state index in [-0.39, 0.29) is 0 Å². The van der Waals surface area contributed by atoms with E-state index in [0.29, 0.717) is 0 Å². The van der Waals surface area contributed by atoms with Crippen LogP contribution in [0.3, 0.4) is 0 Å². The molecule has 0 aromatic heterocycles. The molecule has 0 saturated carbocycles. The third-order valence-corrected chi connectivity index (χ3v) is 7.70. The van der Waals surface area contributed by atoms with Crippen molar-refractivity contribution in [3.05, 3.63) is 29.8 Å². The summed E-state index contributed by atoms with van der Waals surface area (Å²) in [5, 5.41) is 0. The van der Waals surface area contributed by atoms with E-state index in [1.54, 1.807) is 0 Å². The topological polar surface area (TPSA) is 9.23 Å². The Balaban J connectivity index is 2.32. The van der Waals surface area contributed by atoms with Crippen LogP contribution in [-0.4, -0.2) is 11.0 Å². The standard InChI is InChI=1S/C31H55IO/c1-3-5-7-9-11-12-14-17-22-30(21-16-13-10-8-6-4-2)28-33-31-25-23-29(24-26-31)20-18-15-19-27-32/h23-26,30H,3-22,27-28H2,1-2H3. The minimum atomic E-state index is 0.726. The van der Waals surface area contributed by atoms with Crippen LogP contribution in [0.15, 0.2) is 24.3 Å². The molecule has 1 nitrogen and oxygen atoms in total. The molecule has 0 amide bonds. The van der Waals surface area contributed by atoms with E-state index >= 15 is 0 Å². The predicted molar refractivity (Wildman–Crippen MR) is 157 cm³/mol. The maximum Gasteiger partial charge on any atom is 0.119 e. The summed E-state index contributed by atoms with van der Waals surface area (Å²) in [6.07, 6.45) is 27.5. The first-order valence-electron chi connectivity index (χ1n) is 14.6. The zero-order chi connectivity index (χ0) is 23.8.